The molecule has 2 N–H and O–H groups in total. The number of amides is 1. The number of carbonyl (C=O) groups is 1. The molecule has 152 valence electrons. The molecule has 0 saturated heterocycles. The van der Waals surface area contributed by atoms with Gasteiger partial charge >= 0.3 is 0 Å². The molecule has 0 bridgehead atoms. The molecule has 6 nitrogen and oxygen atoms in total. The molecule has 2 aromatic heterocycles. The Morgan fingerprint density at radius 2 is 1.90 bits per heavy atom. The van der Waals surface area contributed by atoms with Crippen LogP contribution in [0.3, 0.4) is 0 Å². The topological polar surface area (TPSA) is 79.8 Å². The van der Waals surface area contributed by atoms with E-state index in [0.717, 1.165) is 41.6 Å². The Balaban J connectivity index is 1.63. The number of thioether (sulfide) groups is 1. The van der Waals surface area contributed by atoms with Crippen molar-refractivity contribution >= 4 is 68.3 Å². The number of anilines is 3. The molecule has 30 heavy (non-hydrogen) atoms. The zero-order valence-electron chi connectivity index (χ0n) is 16.6. The van der Waals surface area contributed by atoms with E-state index in [2.05, 4.69) is 50.7 Å². The maximum absolute atomic E-state index is 11.2. The Labute approximate surface area is 186 Å². The lowest BCUT2D eigenvalue weighted by Crippen LogP contribution is -2.05. The van der Waals surface area contributed by atoms with Gasteiger partial charge in [-0.3, -0.25) is 4.79 Å². The molecule has 2 aromatic carbocycles. The highest BCUT2D eigenvalue weighted by atomic mass is 32.2. The molecular formula is C21H19N5OS3. The van der Waals surface area contributed by atoms with E-state index >= 15 is 0 Å². The Morgan fingerprint density at radius 3 is 2.63 bits per heavy atom. The summed E-state index contributed by atoms with van der Waals surface area (Å²) in [6.07, 6.45) is 3.54. The first-order valence-corrected chi connectivity index (χ1v) is 12.0. The first kappa shape index (κ1) is 20.6. The number of nitrogens with one attached hydrogen (secondary N) is 2. The molecule has 0 unspecified atom stereocenters. The van der Waals surface area contributed by atoms with Gasteiger partial charge in [-0.2, -0.15) is 0 Å². The third-order valence-corrected chi connectivity index (χ3v) is 7.26. The normalized spacial score (nSPS) is 10.9. The Kier molecular flexibility index (Phi) is 6.21. The molecule has 0 fully saturated rings. The molecule has 0 radical (unpaired) electrons. The third-order valence-electron chi connectivity index (χ3n) is 4.14. The van der Waals surface area contributed by atoms with Gasteiger partial charge in [0.15, 0.2) is 15.8 Å². The summed E-state index contributed by atoms with van der Waals surface area (Å²) in [6, 6.07) is 14.1. The van der Waals surface area contributed by atoms with Crippen LogP contribution in [0.25, 0.3) is 10.3 Å². The van der Waals surface area contributed by atoms with Crippen molar-refractivity contribution in [3.63, 3.8) is 0 Å². The molecule has 0 spiro atoms. The molecule has 2 heterocycles. The molecule has 9 heteroatoms. The van der Waals surface area contributed by atoms with Gasteiger partial charge in [-0.05, 0) is 55.1 Å². The average molecular weight is 454 g/mol. The summed E-state index contributed by atoms with van der Waals surface area (Å²) in [6.45, 7) is 3.57. The van der Waals surface area contributed by atoms with Gasteiger partial charge in [-0.15, -0.1) is 11.3 Å². The molecule has 0 aliphatic rings. The molecule has 0 aliphatic heterocycles. The van der Waals surface area contributed by atoms with Crippen molar-refractivity contribution in [1.29, 1.82) is 0 Å². The van der Waals surface area contributed by atoms with Gasteiger partial charge in [0.1, 0.15) is 11.0 Å². The average Bonchev–Trinajstić information content (AvgIpc) is 3.15. The molecule has 0 atom stereocenters. The summed E-state index contributed by atoms with van der Waals surface area (Å²) < 4.78 is 1.91. The zero-order valence-corrected chi connectivity index (χ0v) is 19.0. The largest absolute Gasteiger partial charge is 0.338 e. The summed E-state index contributed by atoms with van der Waals surface area (Å²) >= 11 is 4.84. The highest BCUT2D eigenvalue weighted by Gasteiger charge is 2.13. The van der Waals surface area contributed by atoms with Crippen LogP contribution >= 0.6 is 34.9 Å². The summed E-state index contributed by atoms with van der Waals surface area (Å²) in [4.78, 5) is 26.6. The van der Waals surface area contributed by atoms with Gasteiger partial charge in [0.2, 0.25) is 5.91 Å². The summed E-state index contributed by atoms with van der Waals surface area (Å²) in [5, 5.41) is 6.27. The van der Waals surface area contributed by atoms with Crippen molar-refractivity contribution in [1.82, 2.24) is 15.0 Å². The van der Waals surface area contributed by atoms with Crippen LogP contribution in [-0.2, 0) is 4.79 Å². The first-order valence-electron chi connectivity index (χ1n) is 9.10. The lowest BCUT2D eigenvalue weighted by molar-refractivity contribution is -0.114. The van der Waals surface area contributed by atoms with Gasteiger partial charge in [0.25, 0.3) is 0 Å². The monoisotopic (exact) mass is 453 g/mol. The maximum Gasteiger partial charge on any atom is 0.221 e. The van der Waals surface area contributed by atoms with Crippen LogP contribution in [0.4, 0.5) is 17.2 Å². The van der Waals surface area contributed by atoms with Gasteiger partial charge in [-0.1, -0.05) is 29.6 Å². The number of hydrogen-bond acceptors (Lipinski definition) is 8. The second kappa shape index (κ2) is 9.03. The standard InChI is InChI=1S/C21H19N5OS3/c1-12-4-9-17(29-15-7-5-14(6-8-15)24-13(2)27)16(10-12)25-19-18-20(23-11-22-19)26-21(28-3)30-18/h4-11H,1-3H3,(H,24,27)(H,22,23,25). The van der Waals surface area contributed by atoms with Crippen molar-refractivity contribution in [2.24, 2.45) is 0 Å². The number of aromatic nitrogens is 3. The predicted molar refractivity (Wildman–Crippen MR) is 126 cm³/mol. The Bertz CT molecular complexity index is 1210. The Morgan fingerprint density at radius 1 is 1.10 bits per heavy atom. The fraction of sp³-hybridized carbons (Fsp3) is 0.143. The van der Waals surface area contributed by atoms with Crippen molar-refractivity contribution < 1.29 is 4.79 Å². The van der Waals surface area contributed by atoms with Gasteiger partial charge in [0, 0.05) is 22.4 Å². The van der Waals surface area contributed by atoms with E-state index in [9.17, 15) is 4.79 Å². The lowest BCUT2D eigenvalue weighted by atomic mass is 10.2. The molecule has 0 aliphatic carbocycles. The number of thiazole rings is 1. The summed E-state index contributed by atoms with van der Waals surface area (Å²) in [7, 11) is 0. The zero-order chi connectivity index (χ0) is 21.1. The Hall–Kier alpha value is -2.62. The minimum atomic E-state index is -0.0794. The smallest absolute Gasteiger partial charge is 0.221 e. The highest BCUT2D eigenvalue weighted by molar-refractivity contribution is 8.00. The molecule has 4 aromatic rings. The summed E-state index contributed by atoms with van der Waals surface area (Å²) in [5.41, 5.74) is 3.62. The molecular weight excluding hydrogens is 434 g/mol. The van der Waals surface area contributed by atoms with Gasteiger partial charge < -0.3 is 10.6 Å². The fourth-order valence-corrected chi connectivity index (χ4v) is 5.15. The molecule has 0 saturated carbocycles. The van der Waals surface area contributed by atoms with Crippen LogP contribution in [-0.4, -0.2) is 27.1 Å². The van der Waals surface area contributed by atoms with E-state index < -0.39 is 0 Å². The van der Waals surface area contributed by atoms with Gasteiger partial charge in [-0.25, -0.2) is 15.0 Å². The number of fused-ring (bicyclic) bond motifs is 1. The number of hydrogen-bond donors (Lipinski definition) is 2. The van der Waals surface area contributed by atoms with Crippen LogP contribution in [0.5, 0.6) is 0 Å². The fourth-order valence-electron chi connectivity index (χ4n) is 2.81. The van der Waals surface area contributed by atoms with E-state index in [0.29, 0.717) is 5.65 Å². The SMILES string of the molecule is CSc1nc2ncnc(Nc3cc(C)ccc3Sc3ccc(NC(C)=O)cc3)c2s1. The van der Waals surface area contributed by atoms with Crippen molar-refractivity contribution in [3.05, 3.63) is 54.4 Å². The van der Waals surface area contributed by atoms with Crippen LogP contribution < -0.4 is 10.6 Å². The predicted octanol–water partition coefficient (Wildman–Crippen LogP) is 5.97. The van der Waals surface area contributed by atoms with Crippen molar-refractivity contribution in [3.8, 4) is 0 Å². The number of rotatable bonds is 6. The second-order valence-electron chi connectivity index (χ2n) is 6.49. The van der Waals surface area contributed by atoms with E-state index in [1.165, 1.54) is 13.3 Å². The first-order chi connectivity index (χ1) is 14.5. The minimum absolute atomic E-state index is 0.0794. The lowest BCUT2D eigenvalue weighted by Gasteiger charge is -2.13. The number of aryl methyl sites for hydroxylation is 1. The number of benzene rings is 2. The third kappa shape index (κ3) is 4.75. The summed E-state index contributed by atoms with van der Waals surface area (Å²) in [5.74, 6) is 0.676. The van der Waals surface area contributed by atoms with E-state index in [1.807, 2.05) is 30.5 Å². The van der Waals surface area contributed by atoms with Crippen molar-refractivity contribution in [2.45, 2.75) is 28.0 Å². The second-order valence-corrected chi connectivity index (χ2v) is 9.66. The van der Waals surface area contributed by atoms with Gasteiger partial charge in [0.05, 0.1) is 5.69 Å². The molecule has 1 amide bonds. The van der Waals surface area contributed by atoms with Crippen LogP contribution in [0.15, 0.2) is 62.9 Å². The maximum atomic E-state index is 11.2. The quantitative estimate of drug-likeness (QED) is 0.348. The number of carbonyl (C=O) groups excluding carboxylic acids is 1. The van der Waals surface area contributed by atoms with E-state index in [-0.39, 0.29) is 5.91 Å². The minimum Gasteiger partial charge on any atom is -0.338 e. The van der Waals surface area contributed by atoms with E-state index in [1.54, 1.807) is 34.9 Å². The van der Waals surface area contributed by atoms with Crippen LogP contribution in [0.1, 0.15) is 12.5 Å². The van der Waals surface area contributed by atoms with E-state index in [4.69, 9.17) is 0 Å². The number of nitrogens with zero attached hydrogens (tertiary/aromatic N) is 3. The van der Waals surface area contributed by atoms with Crippen LogP contribution in [0, 0.1) is 6.92 Å². The van der Waals surface area contributed by atoms with Crippen molar-refractivity contribution in [2.75, 3.05) is 16.9 Å². The van der Waals surface area contributed by atoms with Crippen LogP contribution in [0.2, 0.25) is 0 Å². The highest BCUT2D eigenvalue weighted by Crippen LogP contribution is 2.38. The molecule has 4 rings (SSSR count).